The fourth-order valence-corrected chi connectivity index (χ4v) is 2.73. The normalized spacial score (nSPS) is 12.7. The summed E-state index contributed by atoms with van der Waals surface area (Å²) in [5.41, 5.74) is 5.05. The molecule has 0 aliphatic carbocycles. The molecule has 0 aliphatic rings. The van der Waals surface area contributed by atoms with Crippen molar-refractivity contribution in [2.24, 2.45) is 0 Å². The number of halogens is 1. The van der Waals surface area contributed by atoms with Crippen molar-refractivity contribution in [3.8, 4) is 0 Å². The first-order valence-electron chi connectivity index (χ1n) is 6.06. The minimum absolute atomic E-state index is 0.121. The van der Waals surface area contributed by atoms with Gasteiger partial charge in [0.25, 0.3) is 0 Å². The molecule has 0 saturated carbocycles. The fraction of sp³-hybridized carbons (Fsp3) is 0.133. The van der Waals surface area contributed by atoms with E-state index in [1.165, 1.54) is 11.1 Å². The Labute approximate surface area is 118 Å². The molecule has 0 bridgehead atoms. The highest BCUT2D eigenvalue weighted by Gasteiger charge is 2.11. The molecule has 3 nitrogen and oxygen atoms in total. The molecule has 2 N–H and O–H groups in total. The van der Waals surface area contributed by atoms with E-state index in [2.05, 4.69) is 57.1 Å². The first-order valence-corrected chi connectivity index (χ1v) is 6.97. The van der Waals surface area contributed by atoms with Crippen LogP contribution in [-0.2, 0) is 0 Å². The smallest absolute Gasteiger partial charge is 0.306 e. The van der Waals surface area contributed by atoms with Crippen LogP contribution in [0.1, 0.15) is 21.5 Å². The Morgan fingerprint density at radius 3 is 2.32 bits per heavy atom. The van der Waals surface area contributed by atoms with Crippen molar-refractivity contribution in [2.45, 2.75) is 11.8 Å². The van der Waals surface area contributed by atoms with Crippen molar-refractivity contribution in [1.29, 1.82) is 0 Å². The van der Waals surface area contributed by atoms with Gasteiger partial charge < -0.3 is 9.97 Å². The van der Waals surface area contributed by atoms with E-state index < -0.39 is 0 Å². The van der Waals surface area contributed by atoms with E-state index in [1.807, 2.05) is 18.2 Å². The minimum atomic E-state index is -0.173. The predicted molar refractivity (Wildman–Crippen MR) is 80.9 cm³/mol. The SMILES string of the molecule is Cc1ccc(C(Br)c2ccc3[nH]c(=O)[nH]c3c2)cc1. The molecule has 0 spiro atoms. The molecule has 0 fully saturated rings. The number of aromatic nitrogens is 2. The molecular weight excluding hydrogens is 304 g/mol. The number of alkyl halides is 1. The van der Waals surface area contributed by atoms with Crippen molar-refractivity contribution in [2.75, 3.05) is 0 Å². The van der Waals surface area contributed by atoms with Crippen LogP contribution in [0.15, 0.2) is 47.3 Å². The Kier molecular flexibility index (Phi) is 3.03. The van der Waals surface area contributed by atoms with E-state index >= 15 is 0 Å². The van der Waals surface area contributed by atoms with Crippen LogP contribution in [0.4, 0.5) is 0 Å². The lowest BCUT2D eigenvalue weighted by Gasteiger charge is -2.11. The second-order valence-corrected chi connectivity index (χ2v) is 5.57. The third-order valence-electron chi connectivity index (χ3n) is 3.20. The van der Waals surface area contributed by atoms with Gasteiger partial charge in [0, 0.05) is 0 Å². The van der Waals surface area contributed by atoms with Crippen LogP contribution in [-0.4, -0.2) is 9.97 Å². The van der Waals surface area contributed by atoms with Gasteiger partial charge in [0.05, 0.1) is 15.9 Å². The summed E-state index contributed by atoms with van der Waals surface area (Å²) in [7, 11) is 0. The summed E-state index contributed by atoms with van der Waals surface area (Å²) in [6.45, 7) is 2.07. The Hall–Kier alpha value is -1.81. The Balaban J connectivity index is 2.03. The maximum absolute atomic E-state index is 11.3. The zero-order chi connectivity index (χ0) is 13.4. The highest BCUT2D eigenvalue weighted by Crippen LogP contribution is 2.31. The molecule has 0 amide bonds. The number of aryl methyl sites for hydroxylation is 1. The van der Waals surface area contributed by atoms with E-state index in [0.717, 1.165) is 16.6 Å². The van der Waals surface area contributed by atoms with E-state index in [-0.39, 0.29) is 10.5 Å². The zero-order valence-corrected chi connectivity index (χ0v) is 12.0. The Bertz CT molecular complexity index is 771. The summed E-state index contributed by atoms with van der Waals surface area (Å²) in [6.07, 6.45) is 0. The number of H-pyrrole nitrogens is 2. The summed E-state index contributed by atoms with van der Waals surface area (Å²) in [6, 6.07) is 14.3. The Morgan fingerprint density at radius 1 is 0.947 bits per heavy atom. The number of imidazole rings is 1. The van der Waals surface area contributed by atoms with E-state index in [1.54, 1.807) is 0 Å². The standard InChI is InChI=1S/C15H13BrN2O/c1-9-2-4-10(5-3-9)14(16)11-6-7-12-13(8-11)18-15(19)17-12/h2-8,14H,1H3,(H2,17,18,19). The lowest BCUT2D eigenvalue weighted by atomic mass is 10.0. The van der Waals surface area contributed by atoms with Gasteiger partial charge >= 0.3 is 5.69 Å². The zero-order valence-electron chi connectivity index (χ0n) is 10.4. The number of aromatic amines is 2. The average molecular weight is 317 g/mol. The van der Waals surface area contributed by atoms with Gasteiger partial charge in [-0.2, -0.15) is 0 Å². The first-order chi connectivity index (χ1) is 9.13. The minimum Gasteiger partial charge on any atom is -0.306 e. The van der Waals surface area contributed by atoms with Crippen LogP contribution < -0.4 is 5.69 Å². The van der Waals surface area contributed by atoms with Crippen molar-refractivity contribution in [1.82, 2.24) is 9.97 Å². The monoisotopic (exact) mass is 316 g/mol. The summed E-state index contributed by atoms with van der Waals surface area (Å²) < 4.78 is 0. The third-order valence-corrected chi connectivity index (χ3v) is 4.26. The van der Waals surface area contributed by atoms with Gasteiger partial charge in [-0.3, -0.25) is 0 Å². The highest BCUT2D eigenvalue weighted by molar-refractivity contribution is 9.09. The molecule has 1 aromatic heterocycles. The van der Waals surface area contributed by atoms with Crippen LogP contribution in [0.25, 0.3) is 11.0 Å². The molecule has 3 aromatic rings. The van der Waals surface area contributed by atoms with Crippen molar-refractivity contribution in [3.63, 3.8) is 0 Å². The first kappa shape index (κ1) is 12.2. The van der Waals surface area contributed by atoms with Gasteiger partial charge in [0.2, 0.25) is 0 Å². The number of hydrogen-bond acceptors (Lipinski definition) is 1. The topological polar surface area (TPSA) is 48.6 Å². The maximum Gasteiger partial charge on any atom is 0.323 e. The third kappa shape index (κ3) is 2.36. The summed E-state index contributed by atoms with van der Waals surface area (Å²) >= 11 is 3.71. The number of nitrogens with one attached hydrogen (secondary N) is 2. The predicted octanol–water partition coefficient (Wildman–Crippen LogP) is 3.65. The molecule has 19 heavy (non-hydrogen) atoms. The van der Waals surface area contributed by atoms with Gasteiger partial charge in [-0.25, -0.2) is 4.79 Å². The lowest BCUT2D eigenvalue weighted by molar-refractivity contribution is 1.17. The van der Waals surface area contributed by atoms with Gasteiger partial charge in [-0.05, 0) is 30.2 Å². The van der Waals surface area contributed by atoms with Gasteiger partial charge in [-0.1, -0.05) is 51.8 Å². The molecule has 0 radical (unpaired) electrons. The molecule has 96 valence electrons. The molecule has 3 rings (SSSR count). The van der Waals surface area contributed by atoms with Gasteiger partial charge in [0.15, 0.2) is 0 Å². The fourth-order valence-electron chi connectivity index (χ4n) is 2.14. The van der Waals surface area contributed by atoms with E-state index in [9.17, 15) is 4.79 Å². The molecule has 1 atom stereocenters. The number of fused-ring (bicyclic) bond motifs is 1. The molecule has 0 aliphatic heterocycles. The van der Waals surface area contributed by atoms with Crippen LogP contribution in [0.3, 0.4) is 0 Å². The van der Waals surface area contributed by atoms with Crippen LogP contribution >= 0.6 is 15.9 Å². The van der Waals surface area contributed by atoms with Crippen LogP contribution in [0.5, 0.6) is 0 Å². The molecule has 0 saturated heterocycles. The Morgan fingerprint density at radius 2 is 1.58 bits per heavy atom. The van der Waals surface area contributed by atoms with Crippen molar-refractivity contribution >= 4 is 27.0 Å². The molecule has 1 unspecified atom stereocenters. The lowest BCUT2D eigenvalue weighted by Crippen LogP contribution is -1.99. The maximum atomic E-state index is 11.3. The second kappa shape index (κ2) is 4.70. The van der Waals surface area contributed by atoms with Crippen molar-refractivity contribution < 1.29 is 0 Å². The molecule has 4 heteroatoms. The van der Waals surface area contributed by atoms with E-state index in [4.69, 9.17) is 0 Å². The number of benzene rings is 2. The van der Waals surface area contributed by atoms with E-state index in [0.29, 0.717) is 0 Å². The molecule has 2 aromatic carbocycles. The van der Waals surface area contributed by atoms with Crippen LogP contribution in [0, 0.1) is 6.92 Å². The quantitative estimate of drug-likeness (QED) is 0.697. The number of hydrogen-bond donors (Lipinski definition) is 2. The second-order valence-electron chi connectivity index (χ2n) is 4.66. The summed E-state index contributed by atoms with van der Waals surface area (Å²) in [4.78, 5) is 16.9. The number of rotatable bonds is 2. The van der Waals surface area contributed by atoms with Gasteiger partial charge in [-0.15, -0.1) is 0 Å². The molecule has 1 heterocycles. The summed E-state index contributed by atoms with van der Waals surface area (Å²) in [5.74, 6) is 0. The highest BCUT2D eigenvalue weighted by atomic mass is 79.9. The largest absolute Gasteiger partial charge is 0.323 e. The van der Waals surface area contributed by atoms with Crippen LogP contribution in [0.2, 0.25) is 0 Å². The molecular formula is C15H13BrN2O. The average Bonchev–Trinajstić information content (AvgIpc) is 2.77. The van der Waals surface area contributed by atoms with Crippen molar-refractivity contribution in [3.05, 3.63) is 69.6 Å². The van der Waals surface area contributed by atoms with Gasteiger partial charge in [0.1, 0.15) is 0 Å². The summed E-state index contributed by atoms with van der Waals surface area (Å²) in [5, 5.41) is 0.